The number of carbonyl (C=O) groups excluding carboxylic acids is 1. The minimum absolute atomic E-state index is 0.0440. The SMILES string of the molecule is CC1CC(c2ccc(Oc3ccc(Cl)cc3)cc2)=NN(C)C1=O. The van der Waals surface area contributed by atoms with Crippen molar-refractivity contribution in [3.8, 4) is 11.5 Å². The first-order valence-corrected chi connectivity index (χ1v) is 7.79. The van der Waals surface area contributed by atoms with Crippen molar-refractivity contribution in [3.63, 3.8) is 0 Å². The van der Waals surface area contributed by atoms with Crippen molar-refractivity contribution in [2.45, 2.75) is 13.3 Å². The van der Waals surface area contributed by atoms with Crippen molar-refractivity contribution >= 4 is 23.2 Å². The minimum atomic E-state index is -0.0440. The summed E-state index contributed by atoms with van der Waals surface area (Å²) in [4.78, 5) is 11.8. The number of amides is 1. The van der Waals surface area contributed by atoms with E-state index in [0.717, 1.165) is 22.8 Å². The monoisotopic (exact) mass is 328 g/mol. The van der Waals surface area contributed by atoms with Crippen LogP contribution in [0.15, 0.2) is 53.6 Å². The van der Waals surface area contributed by atoms with Gasteiger partial charge in [-0.2, -0.15) is 5.10 Å². The third kappa shape index (κ3) is 3.54. The van der Waals surface area contributed by atoms with Crippen molar-refractivity contribution in [3.05, 3.63) is 59.1 Å². The molecule has 2 aromatic carbocycles. The predicted octanol–water partition coefficient (Wildman–Crippen LogP) is 4.33. The van der Waals surface area contributed by atoms with E-state index in [4.69, 9.17) is 16.3 Å². The standard InChI is InChI=1S/C18H17ClN2O2/c1-12-11-17(20-21(2)18(12)22)13-3-7-15(8-4-13)23-16-9-5-14(19)6-10-16/h3-10,12H,11H2,1-2H3. The lowest BCUT2D eigenvalue weighted by Crippen LogP contribution is -2.34. The highest BCUT2D eigenvalue weighted by molar-refractivity contribution is 6.30. The lowest BCUT2D eigenvalue weighted by molar-refractivity contribution is -0.134. The number of halogens is 1. The first-order valence-electron chi connectivity index (χ1n) is 7.42. The lowest BCUT2D eigenvalue weighted by atomic mass is 9.97. The molecule has 0 radical (unpaired) electrons. The Balaban J connectivity index is 1.76. The van der Waals surface area contributed by atoms with Gasteiger partial charge in [0.25, 0.3) is 0 Å². The number of ether oxygens (including phenoxy) is 1. The summed E-state index contributed by atoms with van der Waals surface area (Å²) in [7, 11) is 1.69. The molecule has 1 unspecified atom stereocenters. The summed E-state index contributed by atoms with van der Waals surface area (Å²) in [5, 5.41) is 6.45. The average molecular weight is 329 g/mol. The van der Waals surface area contributed by atoms with E-state index >= 15 is 0 Å². The number of benzene rings is 2. The van der Waals surface area contributed by atoms with E-state index in [1.54, 1.807) is 19.2 Å². The fourth-order valence-electron chi connectivity index (χ4n) is 2.50. The van der Waals surface area contributed by atoms with Gasteiger partial charge in [-0.05, 0) is 54.1 Å². The van der Waals surface area contributed by atoms with Gasteiger partial charge in [0.15, 0.2) is 0 Å². The molecule has 118 valence electrons. The van der Waals surface area contributed by atoms with E-state index in [2.05, 4.69) is 5.10 Å². The summed E-state index contributed by atoms with van der Waals surface area (Å²) >= 11 is 5.86. The van der Waals surface area contributed by atoms with Crippen LogP contribution in [-0.2, 0) is 4.79 Å². The fourth-order valence-corrected chi connectivity index (χ4v) is 2.62. The van der Waals surface area contributed by atoms with Gasteiger partial charge in [-0.15, -0.1) is 0 Å². The lowest BCUT2D eigenvalue weighted by Gasteiger charge is -2.24. The second kappa shape index (κ2) is 6.42. The quantitative estimate of drug-likeness (QED) is 0.841. The molecule has 0 saturated carbocycles. The van der Waals surface area contributed by atoms with Gasteiger partial charge in [-0.3, -0.25) is 4.79 Å². The van der Waals surface area contributed by atoms with Crippen LogP contribution in [-0.4, -0.2) is 23.7 Å². The predicted molar refractivity (Wildman–Crippen MR) is 91.1 cm³/mol. The number of hydrogen-bond donors (Lipinski definition) is 0. The molecule has 3 rings (SSSR count). The average Bonchev–Trinajstić information content (AvgIpc) is 2.55. The number of carbonyl (C=O) groups is 1. The van der Waals surface area contributed by atoms with Crippen LogP contribution in [0.3, 0.4) is 0 Å². The Hall–Kier alpha value is -2.33. The summed E-state index contributed by atoms with van der Waals surface area (Å²) in [6.07, 6.45) is 0.653. The van der Waals surface area contributed by atoms with E-state index in [-0.39, 0.29) is 11.8 Å². The van der Waals surface area contributed by atoms with Gasteiger partial charge < -0.3 is 4.74 Å². The second-order valence-corrected chi connectivity index (χ2v) is 6.03. The van der Waals surface area contributed by atoms with Gasteiger partial charge in [0.2, 0.25) is 5.91 Å². The van der Waals surface area contributed by atoms with E-state index in [0.29, 0.717) is 11.4 Å². The molecule has 23 heavy (non-hydrogen) atoms. The molecule has 1 aliphatic heterocycles. The molecule has 5 heteroatoms. The molecule has 0 saturated heterocycles. The molecular weight excluding hydrogens is 312 g/mol. The fraction of sp³-hybridized carbons (Fsp3) is 0.222. The Kier molecular flexibility index (Phi) is 4.35. The zero-order valence-corrected chi connectivity index (χ0v) is 13.7. The summed E-state index contributed by atoms with van der Waals surface area (Å²) in [6, 6.07) is 14.9. The van der Waals surface area contributed by atoms with E-state index in [1.165, 1.54) is 5.01 Å². The van der Waals surface area contributed by atoms with Gasteiger partial charge in [-0.25, -0.2) is 5.01 Å². The van der Waals surface area contributed by atoms with E-state index in [1.807, 2.05) is 43.3 Å². The molecule has 2 aromatic rings. The Morgan fingerprint density at radius 1 is 1.09 bits per heavy atom. The molecule has 0 aromatic heterocycles. The molecular formula is C18H17ClN2O2. The highest BCUT2D eigenvalue weighted by atomic mass is 35.5. The topological polar surface area (TPSA) is 41.9 Å². The van der Waals surface area contributed by atoms with Gasteiger partial charge >= 0.3 is 0 Å². The first kappa shape index (κ1) is 15.6. The second-order valence-electron chi connectivity index (χ2n) is 5.59. The van der Waals surface area contributed by atoms with Crippen molar-refractivity contribution in [2.75, 3.05) is 7.05 Å². The summed E-state index contributed by atoms with van der Waals surface area (Å²) < 4.78 is 5.77. The van der Waals surface area contributed by atoms with Gasteiger partial charge in [0.1, 0.15) is 11.5 Å². The van der Waals surface area contributed by atoms with Crippen molar-refractivity contribution in [1.29, 1.82) is 0 Å². The molecule has 0 spiro atoms. The molecule has 0 fully saturated rings. The van der Waals surface area contributed by atoms with Crippen molar-refractivity contribution in [2.24, 2.45) is 11.0 Å². The summed E-state index contributed by atoms with van der Waals surface area (Å²) in [5.74, 6) is 1.48. The highest BCUT2D eigenvalue weighted by Gasteiger charge is 2.25. The molecule has 1 atom stereocenters. The molecule has 4 nitrogen and oxygen atoms in total. The Labute approximate surface area is 140 Å². The van der Waals surface area contributed by atoms with Crippen LogP contribution >= 0.6 is 11.6 Å². The molecule has 0 aliphatic carbocycles. The van der Waals surface area contributed by atoms with E-state index < -0.39 is 0 Å². The molecule has 0 N–H and O–H groups in total. The molecule has 0 bridgehead atoms. The third-order valence-corrected chi connectivity index (χ3v) is 4.00. The number of hydrogen-bond acceptors (Lipinski definition) is 3. The number of rotatable bonds is 3. The van der Waals surface area contributed by atoms with Gasteiger partial charge in [0, 0.05) is 24.4 Å². The maximum atomic E-state index is 11.8. The molecule has 1 amide bonds. The largest absolute Gasteiger partial charge is 0.457 e. The number of nitrogens with zero attached hydrogens (tertiary/aromatic N) is 2. The zero-order chi connectivity index (χ0) is 16.4. The van der Waals surface area contributed by atoms with Crippen LogP contribution in [0, 0.1) is 5.92 Å². The first-order chi connectivity index (χ1) is 11.0. The normalized spacial score (nSPS) is 17.9. The summed E-state index contributed by atoms with van der Waals surface area (Å²) in [6.45, 7) is 1.92. The van der Waals surface area contributed by atoms with Crippen molar-refractivity contribution in [1.82, 2.24) is 5.01 Å². The van der Waals surface area contributed by atoms with Crippen LogP contribution in [0.2, 0.25) is 5.02 Å². The van der Waals surface area contributed by atoms with Crippen LogP contribution in [0.25, 0.3) is 0 Å². The molecule has 1 aliphatic rings. The minimum Gasteiger partial charge on any atom is -0.457 e. The summed E-state index contributed by atoms with van der Waals surface area (Å²) in [5.41, 5.74) is 1.91. The van der Waals surface area contributed by atoms with Crippen LogP contribution < -0.4 is 4.74 Å². The van der Waals surface area contributed by atoms with Gasteiger partial charge in [-0.1, -0.05) is 18.5 Å². The van der Waals surface area contributed by atoms with Crippen LogP contribution in [0.4, 0.5) is 0 Å². The third-order valence-electron chi connectivity index (χ3n) is 3.75. The molecule has 1 heterocycles. The number of hydrazone groups is 1. The Bertz CT molecular complexity index is 739. The zero-order valence-electron chi connectivity index (χ0n) is 13.0. The highest BCUT2D eigenvalue weighted by Crippen LogP contribution is 2.25. The Morgan fingerprint density at radius 3 is 2.22 bits per heavy atom. The van der Waals surface area contributed by atoms with E-state index in [9.17, 15) is 4.79 Å². The maximum absolute atomic E-state index is 11.8. The van der Waals surface area contributed by atoms with Crippen LogP contribution in [0.1, 0.15) is 18.9 Å². The smallest absolute Gasteiger partial charge is 0.245 e. The maximum Gasteiger partial charge on any atom is 0.245 e. The Morgan fingerprint density at radius 2 is 1.65 bits per heavy atom. The van der Waals surface area contributed by atoms with Crippen LogP contribution in [0.5, 0.6) is 11.5 Å². The van der Waals surface area contributed by atoms with Crippen molar-refractivity contribution < 1.29 is 9.53 Å². The van der Waals surface area contributed by atoms with Gasteiger partial charge in [0.05, 0.1) is 5.71 Å².